The van der Waals surface area contributed by atoms with Gasteiger partial charge in [0, 0.05) is 30.6 Å². The Morgan fingerprint density at radius 1 is 1.00 bits per heavy atom. The summed E-state index contributed by atoms with van der Waals surface area (Å²) in [7, 11) is 1.60. The maximum atomic E-state index is 14.0. The summed E-state index contributed by atoms with van der Waals surface area (Å²) in [6.45, 7) is 0. The Labute approximate surface area is 178 Å². The Balaban J connectivity index is 1.58. The van der Waals surface area contributed by atoms with E-state index in [9.17, 15) is 9.59 Å². The van der Waals surface area contributed by atoms with Crippen LogP contribution < -0.4 is 0 Å². The van der Waals surface area contributed by atoms with Crippen molar-refractivity contribution in [1.82, 2.24) is 0 Å². The molecule has 30 heavy (non-hydrogen) atoms. The van der Waals surface area contributed by atoms with Crippen LogP contribution in [0.15, 0.2) is 24.3 Å². The van der Waals surface area contributed by atoms with Gasteiger partial charge in [0.2, 0.25) is 11.4 Å². The molecule has 1 aromatic carbocycles. The Hall–Kier alpha value is -1.56. The highest BCUT2D eigenvalue weighted by Gasteiger charge is 2.70. The lowest BCUT2D eigenvalue weighted by atomic mass is 9.74. The van der Waals surface area contributed by atoms with Crippen LogP contribution in [0.25, 0.3) is 0 Å². The zero-order valence-electron chi connectivity index (χ0n) is 17.9. The van der Waals surface area contributed by atoms with E-state index in [1.165, 1.54) is 6.42 Å². The van der Waals surface area contributed by atoms with Crippen molar-refractivity contribution in [3.05, 3.63) is 35.4 Å². The van der Waals surface area contributed by atoms with Gasteiger partial charge in [0.1, 0.15) is 6.10 Å². The van der Waals surface area contributed by atoms with Crippen LogP contribution in [0.2, 0.25) is 0 Å². The average molecular weight is 413 g/mol. The number of rotatable bonds is 5. The van der Waals surface area contributed by atoms with Crippen molar-refractivity contribution in [3.8, 4) is 0 Å². The standard InChI is InChI=1S/C25H32O5/c1-28-24-16-21(29-18-12-6-3-7-13-18)25(30-24,22(26)17-10-4-2-5-11-17)23(27)19-14-8-9-15-20(19)24/h8-9,14-15,17-18,21H,2-7,10-13,16H2,1H3/t21-,24-,25-/m0/s1. The minimum absolute atomic E-state index is 0.0764. The van der Waals surface area contributed by atoms with Crippen molar-refractivity contribution >= 4 is 11.6 Å². The predicted octanol–water partition coefficient (Wildman–Crippen LogP) is 4.71. The van der Waals surface area contributed by atoms with Crippen molar-refractivity contribution in [2.75, 3.05) is 7.11 Å². The quantitative estimate of drug-likeness (QED) is 0.656. The molecule has 2 heterocycles. The summed E-state index contributed by atoms with van der Waals surface area (Å²) in [5.74, 6) is -1.56. The molecule has 1 aromatic rings. The molecule has 2 saturated carbocycles. The smallest absolute Gasteiger partial charge is 0.218 e. The van der Waals surface area contributed by atoms with E-state index >= 15 is 0 Å². The molecule has 0 unspecified atom stereocenters. The molecule has 3 fully saturated rings. The number of fused-ring (bicyclic) bond motifs is 4. The molecule has 0 N–H and O–H groups in total. The number of carbonyl (C=O) groups excluding carboxylic acids is 2. The van der Waals surface area contributed by atoms with E-state index in [4.69, 9.17) is 14.2 Å². The summed E-state index contributed by atoms with van der Waals surface area (Å²) in [4.78, 5) is 27.9. The van der Waals surface area contributed by atoms with Crippen LogP contribution in [0.4, 0.5) is 0 Å². The van der Waals surface area contributed by atoms with E-state index in [1.807, 2.05) is 18.2 Å². The second-order valence-corrected chi connectivity index (χ2v) is 9.46. The molecule has 0 spiro atoms. The molecule has 5 heteroatoms. The molecule has 5 nitrogen and oxygen atoms in total. The number of hydrogen-bond donors (Lipinski definition) is 0. The van der Waals surface area contributed by atoms with Gasteiger partial charge >= 0.3 is 0 Å². The first-order chi connectivity index (χ1) is 14.6. The van der Waals surface area contributed by atoms with Gasteiger partial charge in [0.15, 0.2) is 11.6 Å². The monoisotopic (exact) mass is 412 g/mol. The first-order valence-corrected chi connectivity index (χ1v) is 11.7. The molecular formula is C25H32O5. The molecule has 4 aliphatic rings. The number of Topliss-reactive ketones (excluding diaryl/α,β-unsaturated/α-hetero) is 2. The van der Waals surface area contributed by atoms with Gasteiger partial charge in [-0.05, 0) is 25.7 Å². The average Bonchev–Trinajstić information content (AvgIpc) is 3.12. The number of methoxy groups -OCH3 is 1. The van der Waals surface area contributed by atoms with Gasteiger partial charge in [-0.2, -0.15) is 0 Å². The normalized spacial score (nSPS) is 34.7. The van der Waals surface area contributed by atoms with Crippen molar-refractivity contribution in [2.24, 2.45) is 5.92 Å². The van der Waals surface area contributed by atoms with E-state index in [2.05, 4.69) is 0 Å². The SMILES string of the molecule is CO[C@@]12C[C@H](OC3CCCCC3)[C@@](C(=O)C3CCCCC3)(O1)C(=O)c1ccccc12. The molecule has 0 radical (unpaired) electrons. The van der Waals surface area contributed by atoms with Gasteiger partial charge < -0.3 is 14.2 Å². The fourth-order valence-electron chi connectivity index (χ4n) is 6.13. The molecule has 2 aliphatic carbocycles. The lowest BCUT2D eigenvalue weighted by Gasteiger charge is -2.41. The summed E-state index contributed by atoms with van der Waals surface area (Å²) in [6.07, 6.45) is 10.2. The third-order valence-electron chi connectivity index (χ3n) is 7.73. The van der Waals surface area contributed by atoms with Crippen LogP contribution in [-0.2, 0) is 24.8 Å². The summed E-state index contributed by atoms with van der Waals surface area (Å²) >= 11 is 0. The van der Waals surface area contributed by atoms with E-state index < -0.39 is 17.5 Å². The van der Waals surface area contributed by atoms with E-state index in [0.717, 1.165) is 63.4 Å². The molecule has 5 rings (SSSR count). The zero-order valence-corrected chi connectivity index (χ0v) is 17.9. The minimum atomic E-state index is -1.58. The van der Waals surface area contributed by atoms with Crippen LogP contribution in [0, 0.1) is 5.92 Å². The first-order valence-electron chi connectivity index (χ1n) is 11.7. The second kappa shape index (κ2) is 7.85. The lowest BCUT2D eigenvalue weighted by molar-refractivity contribution is -0.241. The highest BCUT2D eigenvalue weighted by Crippen LogP contribution is 2.55. The maximum absolute atomic E-state index is 14.0. The largest absolute Gasteiger partial charge is 0.371 e. The minimum Gasteiger partial charge on any atom is -0.371 e. The predicted molar refractivity (Wildman–Crippen MR) is 111 cm³/mol. The van der Waals surface area contributed by atoms with Gasteiger partial charge in [-0.15, -0.1) is 0 Å². The molecule has 2 bridgehead atoms. The number of ether oxygens (including phenoxy) is 3. The van der Waals surface area contributed by atoms with Gasteiger partial charge in [0.05, 0.1) is 6.10 Å². The topological polar surface area (TPSA) is 61.8 Å². The van der Waals surface area contributed by atoms with Crippen molar-refractivity contribution in [3.63, 3.8) is 0 Å². The molecular weight excluding hydrogens is 380 g/mol. The number of hydrogen-bond acceptors (Lipinski definition) is 5. The van der Waals surface area contributed by atoms with Crippen molar-refractivity contribution < 1.29 is 23.8 Å². The number of ketones is 2. The van der Waals surface area contributed by atoms with Crippen LogP contribution in [0.1, 0.15) is 86.6 Å². The Bertz CT molecular complexity index is 823. The Morgan fingerprint density at radius 3 is 2.37 bits per heavy atom. The summed E-state index contributed by atoms with van der Waals surface area (Å²) in [6, 6.07) is 7.43. The van der Waals surface area contributed by atoms with E-state index in [1.54, 1.807) is 13.2 Å². The molecule has 162 valence electrons. The first kappa shape index (κ1) is 20.3. The molecule has 0 amide bonds. The lowest BCUT2D eigenvalue weighted by Crippen LogP contribution is -2.60. The van der Waals surface area contributed by atoms with Crippen LogP contribution >= 0.6 is 0 Å². The third-order valence-corrected chi connectivity index (χ3v) is 7.73. The fraction of sp³-hybridized carbons (Fsp3) is 0.680. The van der Waals surface area contributed by atoms with E-state index in [0.29, 0.717) is 12.0 Å². The van der Waals surface area contributed by atoms with Crippen LogP contribution in [-0.4, -0.2) is 36.5 Å². The molecule has 1 saturated heterocycles. The van der Waals surface area contributed by atoms with Gasteiger partial charge in [-0.3, -0.25) is 9.59 Å². The molecule has 3 atom stereocenters. The van der Waals surface area contributed by atoms with Crippen LogP contribution in [0.5, 0.6) is 0 Å². The second-order valence-electron chi connectivity index (χ2n) is 9.46. The van der Waals surface area contributed by atoms with Crippen molar-refractivity contribution in [1.29, 1.82) is 0 Å². The fourth-order valence-corrected chi connectivity index (χ4v) is 6.13. The van der Waals surface area contributed by atoms with Gasteiger partial charge in [-0.1, -0.05) is 62.8 Å². The molecule has 0 aromatic heterocycles. The molecule has 2 aliphatic heterocycles. The van der Waals surface area contributed by atoms with Gasteiger partial charge in [0.25, 0.3) is 0 Å². The van der Waals surface area contributed by atoms with Crippen molar-refractivity contribution in [2.45, 2.75) is 94.2 Å². The van der Waals surface area contributed by atoms with E-state index in [-0.39, 0.29) is 23.6 Å². The maximum Gasteiger partial charge on any atom is 0.218 e. The Kier molecular flexibility index (Phi) is 5.32. The van der Waals surface area contributed by atoms with Crippen LogP contribution in [0.3, 0.4) is 0 Å². The Morgan fingerprint density at radius 2 is 1.67 bits per heavy atom. The summed E-state index contributed by atoms with van der Waals surface area (Å²) < 4.78 is 19.0. The number of carbonyl (C=O) groups is 2. The summed E-state index contributed by atoms with van der Waals surface area (Å²) in [5.41, 5.74) is -0.312. The third kappa shape index (κ3) is 3.01. The highest BCUT2D eigenvalue weighted by atomic mass is 16.7. The number of benzene rings is 1. The zero-order chi connectivity index (χ0) is 20.8. The summed E-state index contributed by atoms with van der Waals surface area (Å²) in [5, 5.41) is 0. The highest BCUT2D eigenvalue weighted by molar-refractivity contribution is 6.20. The van der Waals surface area contributed by atoms with Gasteiger partial charge in [-0.25, -0.2) is 0 Å².